The van der Waals surface area contributed by atoms with Crippen molar-refractivity contribution in [2.24, 2.45) is 0 Å². The van der Waals surface area contributed by atoms with Gasteiger partial charge >= 0.3 is 0 Å². The molecule has 3 nitrogen and oxygen atoms in total. The molecule has 0 atom stereocenters. The highest BCUT2D eigenvalue weighted by atomic mass is 79.9. The molecule has 0 aliphatic rings. The molecule has 0 saturated carbocycles. The van der Waals surface area contributed by atoms with Gasteiger partial charge in [-0.05, 0) is 91.0 Å². The first-order valence-electron chi connectivity index (χ1n) is 8.49. The van der Waals surface area contributed by atoms with Crippen LogP contribution in [0.5, 0.6) is 5.75 Å². The molecule has 0 aliphatic heterocycles. The van der Waals surface area contributed by atoms with Crippen molar-refractivity contribution in [3.8, 4) is 17.9 Å². The fourth-order valence-electron chi connectivity index (χ4n) is 2.64. The van der Waals surface area contributed by atoms with Gasteiger partial charge in [-0.1, -0.05) is 40.2 Å². The SMILES string of the molecule is N#C/C(=C/c1cc(Br)c(OCc2ccc(Br)cc2)c(Br)c1)c1cccc(C#N)c1. The van der Waals surface area contributed by atoms with Crippen LogP contribution in [0.1, 0.15) is 22.3 Å². The summed E-state index contributed by atoms with van der Waals surface area (Å²) in [6, 6.07) is 23.0. The molecule has 142 valence electrons. The molecular weight excluding hydrogens is 560 g/mol. The Morgan fingerprint density at radius 3 is 2.24 bits per heavy atom. The Balaban J connectivity index is 1.85. The van der Waals surface area contributed by atoms with Crippen LogP contribution in [-0.4, -0.2) is 0 Å². The maximum atomic E-state index is 9.57. The molecular formula is C23H13Br3N2O. The van der Waals surface area contributed by atoms with Crippen LogP contribution in [0.3, 0.4) is 0 Å². The van der Waals surface area contributed by atoms with Gasteiger partial charge in [0.2, 0.25) is 0 Å². The topological polar surface area (TPSA) is 56.8 Å². The molecule has 0 spiro atoms. The van der Waals surface area contributed by atoms with E-state index in [1.165, 1.54) is 0 Å². The molecule has 0 N–H and O–H groups in total. The van der Waals surface area contributed by atoms with E-state index in [9.17, 15) is 5.26 Å². The molecule has 0 bridgehead atoms. The molecule has 6 heteroatoms. The summed E-state index contributed by atoms with van der Waals surface area (Å²) in [4.78, 5) is 0. The number of allylic oxidation sites excluding steroid dienone is 1. The average Bonchev–Trinajstić information content (AvgIpc) is 2.72. The van der Waals surface area contributed by atoms with E-state index in [1.54, 1.807) is 24.3 Å². The standard InChI is InChI=1S/C23H13Br3N2O/c24-20-6-4-15(5-7-20)14-29-23-21(25)10-17(11-22(23)26)9-19(13-28)18-3-1-2-16(8-18)12-27/h1-11H,14H2/b19-9-. The Kier molecular flexibility index (Phi) is 7.28. The quantitative estimate of drug-likeness (QED) is 0.235. The lowest BCUT2D eigenvalue weighted by molar-refractivity contribution is 0.302. The van der Waals surface area contributed by atoms with Gasteiger partial charge in [0, 0.05) is 4.47 Å². The number of nitrogens with zero attached hydrogens (tertiary/aromatic N) is 2. The minimum atomic E-state index is 0.435. The first-order chi connectivity index (χ1) is 14.0. The van der Waals surface area contributed by atoms with E-state index >= 15 is 0 Å². The second-order valence-corrected chi connectivity index (χ2v) is 8.72. The molecule has 0 fully saturated rings. The lowest BCUT2D eigenvalue weighted by Gasteiger charge is -2.12. The van der Waals surface area contributed by atoms with Crippen molar-refractivity contribution in [2.75, 3.05) is 0 Å². The van der Waals surface area contributed by atoms with Crippen LogP contribution in [0.15, 0.2) is 74.1 Å². The molecule has 29 heavy (non-hydrogen) atoms. The summed E-state index contributed by atoms with van der Waals surface area (Å²) < 4.78 is 8.54. The Morgan fingerprint density at radius 2 is 1.62 bits per heavy atom. The second-order valence-electron chi connectivity index (χ2n) is 6.09. The molecule has 3 rings (SSSR count). The van der Waals surface area contributed by atoms with Gasteiger partial charge < -0.3 is 4.74 Å². The monoisotopic (exact) mass is 570 g/mol. The smallest absolute Gasteiger partial charge is 0.148 e. The van der Waals surface area contributed by atoms with Crippen LogP contribution in [0.2, 0.25) is 0 Å². The maximum Gasteiger partial charge on any atom is 0.148 e. The third kappa shape index (κ3) is 5.58. The Morgan fingerprint density at radius 1 is 0.931 bits per heavy atom. The summed E-state index contributed by atoms with van der Waals surface area (Å²) in [6.07, 6.45) is 1.78. The van der Waals surface area contributed by atoms with Crippen molar-refractivity contribution >= 4 is 59.4 Å². The predicted molar refractivity (Wildman–Crippen MR) is 125 cm³/mol. The van der Waals surface area contributed by atoms with Crippen molar-refractivity contribution in [3.63, 3.8) is 0 Å². The van der Waals surface area contributed by atoms with Crippen molar-refractivity contribution in [2.45, 2.75) is 6.61 Å². The summed E-state index contributed by atoms with van der Waals surface area (Å²) in [5.74, 6) is 0.690. The second kappa shape index (κ2) is 9.89. The summed E-state index contributed by atoms with van der Waals surface area (Å²) in [6.45, 7) is 0.435. The molecule has 3 aromatic carbocycles. The Bertz CT molecular complexity index is 1130. The number of benzene rings is 3. The predicted octanol–water partition coefficient (Wildman–Crippen LogP) is 7.49. The number of hydrogen-bond acceptors (Lipinski definition) is 3. The molecule has 0 radical (unpaired) electrons. The largest absolute Gasteiger partial charge is 0.487 e. The molecule has 0 saturated heterocycles. The first-order valence-corrected chi connectivity index (χ1v) is 10.9. The minimum Gasteiger partial charge on any atom is -0.487 e. The third-order valence-corrected chi connectivity index (χ3v) is 5.76. The highest BCUT2D eigenvalue weighted by molar-refractivity contribution is 9.11. The zero-order valence-electron chi connectivity index (χ0n) is 15.0. The number of ether oxygens (including phenoxy) is 1. The van der Waals surface area contributed by atoms with Gasteiger partial charge in [-0.2, -0.15) is 10.5 Å². The maximum absolute atomic E-state index is 9.57. The van der Waals surface area contributed by atoms with Gasteiger partial charge in [-0.25, -0.2) is 0 Å². The number of rotatable bonds is 5. The molecule has 0 aliphatic carbocycles. The van der Waals surface area contributed by atoms with Crippen molar-refractivity contribution in [1.29, 1.82) is 10.5 Å². The summed E-state index contributed by atoms with van der Waals surface area (Å²) in [5, 5.41) is 18.6. The third-order valence-electron chi connectivity index (χ3n) is 4.05. The van der Waals surface area contributed by atoms with Gasteiger partial charge in [-0.3, -0.25) is 0 Å². The number of nitriles is 2. The minimum absolute atomic E-state index is 0.435. The van der Waals surface area contributed by atoms with E-state index in [1.807, 2.05) is 42.5 Å². The number of hydrogen-bond donors (Lipinski definition) is 0. The molecule has 0 heterocycles. The number of halogens is 3. The van der Waals surface area contributed by atoms with Crippen LogP contribution in [0, 0.1) is 22.7 Å². The van der Waals surface area contributed by atoms with Crippen LogP contribution < -0.4 is 4.74 Å². The fourth-order valence-corrected chi connectivity index (χ4v) is 4.36. The first kappa shape index (κ1) is 21.3. The van der Waals surface area contributed by atoms with Gasteiger partial charge in [0.15, 0.2) is 0 Å². The lowest BCUT2D eigenvalue weighted by Crippen LogP contribution is -1.97. The molecule has 0 unspecified atom stereocenters. The van der Waals surface area contributed by atoms with Crippen molar-refractivity contribution < 1.29 is 4.74 Å². The van der Waals surface area contributed by atoms with Crippen LogP contribution in [0.4, 0.5) is 0 Å². The van der Waals surface area contributed by atoms with Crippen molar-refractivity contribution in [3.05, 3.63) is 96.3 Å². The van der Waals surface area contributed by atoms with Crippen LogP contribution in [-0.2, 0) is 6.61 Å². The van der Waals surface area contributed by atoms with Gasteiger partial charge in [-0.15, -0.1) is 0 Å². The van der Waals surface area contributed by atoms with E-state index in [4.69, 9.17) is 10.00 Å². The normalized spacial score (nSPS) is 10.9. The highest BCUT2D eigenvalue weighted by Crippen LogP contribution is 2.36. The van der Waals surface area contributed by atoms with Gasteiger partial charge in [0.25, 0.3) is 0 Å². The average molecular weight is 573 g/mol. The summed E-state index contributed by atoms with van der Waals surface area (Å²) in [7, 11) is 0. The van der Waals surface area contributed by atoms with E-state index in [-0.39, 0.29) is 0 Å². The van der Waals surface area contributed by atoms with E-state index in [0.29, 0.717) is 29.1 Å². The van der Waals surface area contributed by atoms with Crippen LogP contribution >= 0.6 is 47.8 Å². The van der Waals surface area contributed by atoms with E-state index in [2.05, 4.69) is 59.9 Å². The fraction of sp³-hybridized carbons (Fsp3) is 0.0435. The van der Waals surface area contributed by atoms with Gasteiger partial charge in [0.1, 0.15) is 12.4 Å². The summed E-state index contributed by atoms with van der Waals surface area (Å²) in [5.41, 5.74) is 3.58. The van der Waals surface area contributed by atoms with Crippen LogP contribution in [0.25, 0.3) is 11.6 Å². The zero-order chi connectivity index (χ0) is 20.8. The molecule has 3 aromatic rings. The van der Waals surface area contributed by atoms with E-state index < -0.39 is 0 Å². The molecule has 0 amide bonds. The highest BCUT2D eigenvalue weighted by Gasteiger charge is 2.10. The zero-order valence-corrected chi connectivity index (χ0v) is 19.8. The summed E-state index contributed by atoms with van der Waals surface area (Å²) >= 11 is 10.5. The Labute approximate surface area is 194 Å². The van der Waals surface area contributed by atoms with Gasteiger partial charge in [0.05, 0.1) is 32.2 Å². The molecule has 0 aromatic heterocycles. The van der Waals surface area contributed by atoms with Crippen molar-refractivity contribution in [1.82, 2.24) is 0 Å². The van der Waals surface area contributed by atoms with E-state index in [0.717, 1.165) is 24.5 Å². The Hall–Kier alpha value is -2.38. The lowest BCUT2D eigenvalue weighted by atomic mass is 10.0.